The molecule has 0 aliphatic rings. The molecule has 0 bridgehead atoms. The van der Waals surface area contributed by atoms with Crippen LogP contribution in [0, 0.1) is 0 Å². The zero-order chi connectivity index (χ0) is 22.0. The van der Waals surface area contributed by atoms with E-state index in [0.717, 1.165) is 55.3 Å². The van der Waals surface area contributed by atoms with E-state index >= 15 is 0 Å². The summed E-state index contributed by atoms with van der Waals surface area (Å²) in [5.74, 6) is 0. The summed E-state index contributed by atoms with van der Waals surface area (Å²) in [7, 11) is 0. The molecular weight excluding hydrogens is 372 g/mol. The van der Waals surface area contributed by atoms with Gasteiger partial charge in [-0.25, -0.2) is 9.36 Å². The van der Waals surface area contributed by atoms with Crippen molar-refractivity contribution in [3.8, 4) is 0 Å². The van der Waals surface area contributed by atoms with Crippen LogP contribution in [0.3, 0.4) is 0 Å². The molecule has 1 heterocycles. The second kappa shape index (κ2) is 11.5. The summed E-state index contributed by atoms with van der Waals surface area (Å²) in [4.78, 5) is 12.2. The summed E-state index contributed by atoms with van der Waals surface area (Å²) >= 11 is 0. The molecule has 0 aliphatic carbocycles. The Bertz CT molecular complexity index is 842. The van der Waals surface area contributed by atoms with Gasteiger partial charge in [0.1, 0.15) is 6.54 Å². The van der Waals surface area contributed by atoms with Crippen molar-refractivity contribution in [1.82, 2.24) is 5.32 Å². The van der Waals surface area contributed by atoms with E-state index in [2.05, 4.69) is 53.8 Å². The summed E-state index contributed by atoms with van der Waals surface area (Å²) in [6, 6.07) is 14.5. The molecule has 0 saturated heterocycles. The first-order chi connectivity index (χ1) is 14.3. The highest BCUT2D eigenvalue weighted by Crippen LogP contribution is 2.23. The normalized spacial score (nSPS) is 11.2. The van der Waals surface area contributed by atoms with E-state index in [1.54, 1.807) is 0 Å². The number of hydrogen-bond acceptors (Lipinski definition) is 2. The lowest BCUT2D eigenvalue weighted by Gasteiger charge is -2.27. The molecule has 4 heteroatoms. The smallest absolute Gasteiger partial charge is 0.407 e. The molecule has 2 rings (SSSR count). The first-order valence-electron chi connectivity index (χ1n) is 11.0. The van der Waals surface area contributed by atoms with Crippen molar-refractivity contribution < 1.29 is 14.1 Å². The van der Waals surface area contributed by atoms with Crippen molar-refractivity contribution in [3.05, 3.63) is 72.1 Å². The van der Waals surface area contributed by atoms with Gasteiger partial charge in [-0.15, -0.1) is 0 Å². The van der Waals surface area contributed by atoms with Crippen molar-refractivity contribution in [2.75, 3.05) is 6.61 Å². The van der Waals surface area contributed by atoms with Crippen LogP contribution in [0.5, 0.6) is 0 Å². The van der Waals surface area contributed by atoms with Gasteiger partial charge in [0, 0.05) is 25.0 Å². The molecular formula is C26H37N2O2+. The van der Waals surface area contributed by atoms with Gasteiger partial charge >= 0.3 is 6.09 Å². The van der Waals surface area contributed by atoms with Gasteiger partial charge in [-0.2, -0.15) is 0 Å². The van der Waals surface area contributed by atoms with E-state index in [-0.39, 0.29) is 6.09 Å². The van der Waals surface area contributed by atoms with Crippen LogP contribution in [0.1, 0.15) is 70.2 Å². The number of pyridine rings is 1. The van der Waals surface area contributed by atoms with Crippen LogP contribution >= 0.6 is 0 Å². The highest BCUT2D eigenvalue weighted by atomic mass is 16.5. The number of amides is 1. The molecule has 1 amide bonds. The van der Waals surface area contributed by atoms with E-state index in [9.17, 15) is 4.79 Å². The van der Waals surface area contributed by atoms with Gasteiger partial charge in [-0.05, 0) is 57.2 Å². The minimum absolute atomic E-state index is 0.367. The van der Waals surface area contributed by atoms with Crippen molar-refractivity contribution >= 4 is 11.7 Å². The SMILES string of the molecule is C=C(C)c1cccc(C(C)(C)NC(=O)OCCCCCC[n+]2ccccc2CC)c1. The van der Waals surface area contributed by atoms with Crippen molar-refractivity contribution in [3.63, 3.8) is 0 Å². The largest absolute Gasteiger partial charge is 0.450 e. The first kappa shape index (κ1) is 23.7. The Labute approximate surface area is 182 Å². The number of carbonyl (C=O) groups is 1. The van der Waals surface area contributed by atoms with Crippen LogP contribution < -0.4 is 9.88 Å². The van der Waals surface area contributed by atoms with Gasteiger partial charge in [0.2, 0.25) is 0 Å². The summed E-state index contributed by atoms with van der Waals surface area (Å²) in [5, 5.41) is 2.98. The Morgan fingerprint density at radius 3 is 2.60 bits per heavy atom. The van der Waals surface area contributed by atoms with Gasteiger partial charge in [-0.3, -0.25) is 0 Å². The van der Waals surface area contributed by atoms with E-state index in [1.165, 1.54) is 5.69 Å². The Balaban J connectivity index is 1.67. The maximum Gasteiger partial charge on any atom is 0.407 e. The summed E-state index contributed by atoms with van der Waals surface area (Å²) in [6.45, 7) is 13.6. The highest BCUT2D eigenvalue weighted by Gasteiger charge is 2.23. The Morgan fingerprint density at radius 2 is 1.87 bits per heavy atom. The molecule has 0 aliphatic heterocycles. The average Bonchev–Trinajstić information content (AvgIpc) is 2.73. The third-order valence-corrected chi connectivity index (χ3v) is 5.42. The van der Waals surface area contributed by atoms with Crippen molar-refractivity contribution in [1.29, 1.82) is 0 Å². The lowest BCUT2D eigenvalue weighted by molar-refractivity contribution is -0.704. The Kier molecular flexibility index (Phi) is 9.10. The van der Waals surface area contributed by atoms with Crippen LogP contribution in [0.25, 0.3) is 5.57 Å². The molecule has 0 radical (unpaired) electrons. The van der Waals surface area contributed by atoms with Gasteiger partial charge in [0.25, 0.3) is 0 Å². The number of ether oxygens (including phenoxy) is 1. The lowest BCUT2D eigenvalue weighted by Crippen LogP contribution is -2.41. The first-order valence-corrected chi connectivity index (χ1v) is 11.0. The third kappa shape index (κ3) is 7.33. The second-order valence-electron chi connectivity index (χ2n) is 8.40. The summed E-state index contributed by atoms with van der Waals surface area (Å²) < 4.78 is 7.73. The molecule has 4 nitrogen and oxygen atoms in total. The van der Waals surface area contributed by atoms with Crippen LogP contribution in [-0.2, 0) is 23.2 Å². The zero-order valence-electron chi connectivity index (χ0n) is 19.0. The van der Waals surface area contributed by atoms with E-state index < -0.39 is 5.54 Å². The minimum Gasteiger partial charge on any atom is -0.450 e. The number of rotatable bonds is 11. The molecule has 162 valence electrons. The number of carbonyl (C=O) groups excluding carboxylic acids is 1. The average molecular weight is 410 g/mol. The highest BCUT2D eigenvalue weighted by molar-refractivity contribution is 5.69. The van der Waals surface area contributed by atoms with Crippen LogP contribution in [0.4, 0.5) is 4.79 Å². The van der Waals surface area contributed by atoms with Gasteiger partial charge in [0.15, 0.2) is 11.9 Å². The standard InChI is InChI=1S/C26H36N2O2/c1-6-24-16-9-11-18-28(24)17-10-7-8-12-19-30-25(29)27-26(4,5)23-15-13-14-22(20-23)21(2)3/h9,11,13-16,18,20H,2,6-8,10,12,17,19H2,1,3-5H3/p+1. The maximum absolute atomic E-state index is 12.2. The molecule has 0 saturated carbocycles. The number of benzene rings is 1. The number of alkyl carbamates (subject to hydrolysis) is 1. The maximum atomic E-state index is 12.2. The fourth-order valence-corrected chi connectivity index (χ4v) is 3.49. The molecule has 0 fully saturated rings. The van der Waals surface area contributed by atoms with E-state index in [4.69, 9.17) is 4.74 Å². The van der Waals surface area contributed by atoms with Crippen LogP contribution in [-0.4, -0.2) is 12.7 Å². The fraction of sp³-hybridized carbons (Fsp3) is 0.462. The summed E-state index contributed by atoms with van der Waals surface area (Å²) in [5.41, 5.74) is 3.98. The number of nitrogens with zero attached hydrogens (tertiary/aromatic N) is 1. The second-order valence-corrected chi connectivity index (χ2v) is 8.40. The molecule has 0 spiro atoms. The molecule has 1 N–H and O–H groups in total. The van der Waals surface area contributed by atoms with Crippen LogP contribution in [0.15, 0.2) is 55.2 Å². The van der Waals surface area contributed by atoms with Gasteiger partial charge in [0.05, 0.1) is 12.1 Å². The molecule has 2 aromatic rings. The molecule has 0 unspecified atom stereocenters. The number of nitrogens with one attached hydrogen (secondary N) is 1. The van der Waals surface area contributed by atoms with E-state index in [1.807, 2.05) is 39.0 Å². The Morgan fingerprint density at radius 1 is 1.10 bits per heavy atom. The van der Waals surface area contributed by atoms with Crippen molar-refractivity contribution in [2.24, 2.45) is 0 Å². The molecule has 1 aromatic carbocycles. The topological polar surface area (TPSA) is 42.2 Å². The van der Waals surface area contributed by atoms with Crippen molar-refractivity contribution in [2.45, 2.75) is 71.9 Å². The molecule has 30 heavy (non-hydrogen) atoms. The fourth-order valence-electron chi connectivity index (χ4n) is 3.49. The number of hydrogen-bond donors (Lipinski definition) is 1. The van der Waals surface area contributed by atoms with Gasteiger partial charge in [-0.1, -0.05) is 43.3 Å². The lowest BCUT2D eigenvalue weighted by atomic mass is 9.92. The third-order valence-electron chi connectivity index (χ3n) is 5.42. The summed E-state index contributed by atoms with van der Waals surface area (Å²) in [6.07, 6.45) is 7.06. The monoisotopic (exact) mass is 409 g/mol. The van der Waals surface area contributed by atoms with Gasteiger partial charge < -0.3 is 10.1 Å². The quantitative estimate of drug-likeness (QED) is 0.377. The number of unbranched alkanes of at least 4 members (excludes halogenated alkanes) is 3. The minimum atomic E-state index is -0.508. The molecule has 1 aromatic heterocycles. The number of aromatic nitrogens is 1. The number of aryl methyl sites for hydroxylation is 2. The zero-order valence-corrected chi connectivity index (χ0v) is 19.0. The Hall–Kier alpha value is -2.62. The molecule has 0 atom stereocenters. The predicted molar refractivity (Wildman–Crippen MR) is 123 cm³/mol. The van der Waals surface area contributed by atoms with Crippen LogP contribution in [0.2, 0.25) is 0 Å². The van der Waals surface area contributed by atoms with E-state index in [0.29, 0.717) is 6.61 Å². The predicted octanol–water partition coefficient (Wildman–Crippen LogP) is 5.79. The number of allylic oxidation sites excluding steroid dienone is 1.